The Bertz CT molecular complexity index is 678. The second-order valence-electron chi connectivity index (χ2n) is 5.54. The van der Waals surface area contributed by atoms with Gasteiger partial charge in [-0.2, -0.15) is 4.98 Å². The van der Waals surface area contributed by atoms with Crippen LogP contribution >= 0.6 is 0 Å². The average molecular weight is 343 g/mol. The number of rotatable bonds is 9. The molecule has 7 heteroatoms. The van der Waals surface area contributed by atoms with Gasteiger partial charge in [-0.25, -0.2) is 4.98 Å². The standard InChI is InChI=1S/C18H25N5O2/c1-4-19-18-22-13(2)12-16(23-18)20-10-11-21-17(24)14(3)25-15-8-6-5-7-9-15/h5-9,12,14H,4,10-11H2,1-3H3,(H,21,24)(H2,19,20,22,23). The summed E-state index contributed by atoms with van der Waals surface area (Å²) in [5.74, 6) is 1.85. The maximum atomic E-state index is 12.1. The quantitative estimate of drug-likeness (QED) is 0.605. The molecule has 1 heterocycles. The van der Waals surface area contributed by atoms with Crippen LogP contribution in [-0.4, -0.2) is 41.6 Å². The lowest BCUT2D eigenvalue weighted by molar-refractivity contribution is -0.127. The predicted molar refractivity (Wildman–Crippen MR) is 99.0 cm³/mol. The second-order valence-corrected chi connectivity index (χ2v) is 5.54. The fourth-order valence-corrected chi connectivity index (χ4v) is 2.17. The summed E-state index contributed by atoms with van der Waals surface area (Å²) >= 11 is 0. The predicted octanol–water partition coefficient (Wildman–Crippen LogP) is 2.21. The van der Waals surface area contributed by atoms with E-state index in [1.807, 2.05) is 50.2 Å². The molecule has 134 valence electrons. The molecule has 1 amide bonds. The number of aromatic nitrogens is 2. The number of benzene rings is 1. The maximum absolute atomic E-state index is 12.1. The first-order valence-electron chi connectivity index (χ1n) is 8.41. The molecule has 0 spiro atoms. The first-order chi connectivity index (χ1) is 12.1. The summed E-state index contributed by atoms with van der Waals surface area (Å²) < 4.78 is 5.59. The maximum Gasteiger partial charge on any atom is 0.260 e. The number of ether oxygens (including phenoxy) is 1. The minimum atomic E-state index is -0.552. The number of carbonyl (C=O) groups excluding carboxylic acids is 1. The number of anilines is 2. The molecule has 1 aromatic heterocycles. The number of nitrogens with one attached hydrogen (secondary N) is 3. The highest BCUT2D eigenvalue weighted by molar-refractivity contribution is 5.80. The van der Waals surface area contributed by atoms with Gasteiger partial charge in [0.2, 0.25) is 5.95 Å². The Morgan fingerprint density at radius 3 is 2.64 bits per heavy atom. The zero-order valence-corrected chi connectivity index (χ0v) is 14.9. The number of amides is 1. The van der Waals surface area contributed by atoms with Crippen molar-refractivity contribution in [2.45, 2.75) is 26.9 Å². The summed E-state index contributed by atoms with van der Waals surface area (Å²) in [6.45, 7) is 7.43. The van der Waals surface area contributed by atoms with Crippen LogP contribution in [0.4, 0.5) is 11.8 Å². The normalized spacial score (nSPS) is 11.5. The van der Waals surface area contributed by atoms with Gasteiger partial charge in [0.05, 0.1) is 0 Å². The van der Waals surface area contributed by atoms with Crippen LogP contribution in [0.3, 0.4) is 0 Å². The molecule has 0 saturated carbocycles. The van der Waals surface area contributed by atoms with Gasteiger partial charge in [0.15, 0.2) is 6.10 Å². The van der Waals surface area contributed by atoms with Crippen LogP contribution < -0.4 is 20.7 Å². The molecule has 0 aliphatic rings. The summed E-state index contributed by atoms with van der Waals surface area (Å²) in [5.41, 5.74) is 0.877. The SMILES string of the molecule is CCNc1nc(C)cc(NCCNC(=O)C(C)Oc2ccccc2)n1. The van der Waals surface area contributed by atoms with Crippen molar-refractivity contribution in [3.8, 4) is 5.75 Å². The van der Waals surface area contributed by atoms with E-state index in [1.165, 1.54) is 0 Å². The molecule has 0 fully saturated rings. The Morgan fingerprint density at radius 2 is 1.92 bits per heavy atom. The highest BCUT2D eigenvalue weighted by Gasteiger charge is 2.13. The van der Waals surface area contributed by atoms with Gasteiger partial charge in [-0.3, -0.25) is 4.79 Å². The van der Waals surface area contributed by atoms with Crippen LogP contribution in [-0.2, 0) is 4.79 Å². The summed E-state index contributed by atoms with van der Waals surface area (Å²) in [4.78, 5) is 20.7. The van der Waals surface area contributed by atoms with Gasteiger partial charge < -0.3 is 20.7 Å². The first-order valence-corrected chi connectivity index (χ1v) is 8.41. The van der Waals surface area contributed by atoms with Crippen molar-refractivity contribution in [2.24, 2.45) is 0 Å². The molecule has 1 atom stereocenters. The summed E-state index contributed by atoms with van der Waals surface area (Å²) in [5, 5.41) is 9.11. The van der Waals surface area contributed by atoms with Crippen molar-refractivity contribution in [3.63, 3.8) is 0 Å². The Hall–Kier alpha value is -2.83. The lowest BCUT2D eigenvalue weighted by Gasteiger charge is -2.15. The number of hydrogen-bond acceptors (Lipinski definition) is 6. The van der Waals surface area contributed by atoms with Crippen molar-refractivity contribution < 1.29 is 9.53 Å². The Morgan fingerprint density at radius 1 is 1.16 bits per heavy atom. The van der Waals surface area contributed by atoms with Crippen molar-refractivity contribution in [1.82, 2.24) is 15.3 Å². The first kappa shape index (κ1) is 18.5. The van der Waals surface area contributed by atoms with Crippen molar-refractivity contribution in [1.29, 1.82) is 0 Å². The highest BCUT2D eigenvalue weighted by atomic mass is 16.5. The van der Waals surface area contributed by atoms with Crippen LogP contribution in [0.2, 0.25) is 0 Å². The van der Waals surface area contributed by atoms with Crippen LogP contribution in [0.5, 0.6) is 5.75 Å². The van der Waals surface area contributed by atoms with Crippen molar-refractivity contribution in [3.05, 3.63) is 42.1 Å². The van der Waals surface area contributed by atoms with E-state index in [1.54, 1.807) is 6.92 Å². The molecule has 7 nitrogen and oxygen atoms in total. The van der Waals surface area contributed by atoms with Crippen LogP contribution in [0.1, 0.15) is 19.5 Å². The molecular weight excluding hydrogens is 318 g/mol. The van der Waals surface area contributed by atoms with E-state index in [0.29, 0.717) is 24.8 Å². The average Bonchev–Trinajstić information content (AvgIpc) is 2.59. The van der Waals surface area contributed by atoms with Crippen LogP contribution in [0.15, 0.2) is 36.4 Å². The smallest absolute Gasteiger partial charge is 0.260 e. The number of nitrogens with zero attached hydrogens (tertiary/aromatic N) is 2. The van der Waals surface area contributed by atoms with Crippen molar-refractivity contribution >= 4 is 17.7 Å². The molecule has 3 N–H and O–H groups in total. The van der Waals surface area contributed by atoms with Gasteiger partial charge >= 0.3 is 0 Å². The number of para-hydroxylation sites is 1. The third kappa shape index (κ3) is 6.29. The monoisotopic (exact) mass is 343 g/mol. The molecule has 25 heavy (non-hydrogen) atoms. The lowest BCUT2D eigenvalue weighted by atomic mass is 10.3. The molecule has 1 aromatic carbocycles. The minimum absolute atomic E-state index is 0.155. The van der Waals surface area contributed by atoms with E-state index in [0.717, 1.165) is 18.1 Å². The van der Waals surface area contributed by atoms with E-state index in [2.05, 4.69) is 25.9 Å². The Balaban J connectivity index is 1.74. The number of aryl methyl sites for hydroxylation is 1. The second kappa shape index (κ2) is 9.46. The topological polar surface area (TPSA) is 88.2 Å². The number of hydrogen-bond donors (Lipinski definition) is 3. The van der Waals surface area contributed by atoms with Gasteiger partial charge in [0.25, 0.3) is 5.91 Å². The van der Waals surface area contributed by atoms with E-state index in [4.69, 9.17) is 4.74 Å². The molecular formula is C18H25N5O2. The molecule has 0 aliphatic carbocycles. The molecule has 0 saturated heterocycles. The Kier molecular flexibility index (Phi) is 7.00. The van der Waals surface area contributed by atoms with E-state index >= 15 is 0 Å². The van der Waals surface area contributed by atoms with E-state index < -0.39 is 6.10 Å². The Labute approximate surface area is 148 Å². The van der Waals surface area contributed by atoms with Crippen LogP contribution in [0, 0.1) is 6.92 Å². The van der Waals surface area contributed by atoms with Gasteiger partial charge in [-0.15, -0.1) is 0 Å². The van der Waals surface area contributed by atoms with Gasteiger partial charge in [-0.1, -0.05) is 18.2 Å². The highest BCUT2D eigenvalue weighted by Crippen LogP contribution is 2.11. The largest absolute Gasteiger partial charge is 0.481 e. The van der Waals surface area contributed by atoms with Gasteiger partial charge in [0, 0.05) is 31.4 Å². The van der Waals surface area contributed by atoms with Gasteiger partial charge in [0.1, 0.15) is 11.6 Å². The zero-order chi connectivity index (χ0) is 18.1. The minimum Gasteiger partial charge on any atom is -0.481 e. The summed E-state index contributed by atoms with van der Waals surface area (Å²) in [6, 6.07) is 11.2. The lowest BCUT2D eigenvalue weighted by Crippen LogP contribution is -2.38. The molecule has 0 bridgehead atoms. The fraction of sp³-hybridized carbons (Fsp3) is 0.389. The third-order valence-corrected chi connectivity index (χ3v) is 3.34. The summed E-state index contributed by atoms with van der Waals surface area (Å²) in [7, 11) is 0. The number of carbonyl (C=O) groups is 1. The van der Waals surface area contributed by atoms with Crippen LogP contribution in [0.25, 0.3) is 0 Å². The molecule has 1 unspecified atom stereocenters. The molecule has 0 aliphatic heterocycles. The van der Waals surface area contributed by atoms with Gasteiger partial charge in [-0.05, 0) is 32.9 Å². The zero-order valence-electron chi connectivity index (χ0n) is 14.9. The fourth-order valence-electron chi connectivity index (χ4n) is 2.17. The van der Waals surface area contributed by atoms with E-state index in [-0.39, 0.29) is 5.91 Å². The molecule has 0 radical (unpaired) electrons. The van der Waals surface area contributed by atoms with Crippen molar-refractivity contribution in [2.75, 3.05) is 30.3 Å². The summed E-state index contributed by atoms with van der Waals surface area (Å²) in [6.07, 6.45) is -0.552. The third-order valence-electron chi connectivity index (χ3n) is 3.34. The van der Waals surface area contributed by atoms with E-state index in [9.17, 15) is 4.79 Å². The molecule has 2 aromatic rings. The molecule has 2 rings (SSSR count).